The van der Waals surface area contributed by atoms with Gasteiger partial charge in [-0.1, -0.05) is 11.3 Å². The second-order valence-corrected chi connectivity index (χ2v) is 6.14. The zero-order chi connectivity index (χ0) is 14.4. The van der Waals surface area contributed by atoms with Gasteiger partial charge < -0.3 is 10.6 Å². The maximum absolute atomic E-state index is 10.9. The normalized spacial score (nSPS) is 10.3. The largest absolute Gasteiger partial charge is 0.360 e. The molecule has 1 heterocycles. The summed E-state index contributed by atoms with van der Waals surface area (Å²) in [6.07, 6.45) is 0. The van der Waals surface area contributed by atoms with Gasteiger partial charge >= 0.3 is 0 Å². The minimum Gasteiger partial charge on any atom is -0.360 e. The predicted octanol–water partition coefficient (Wildman–Crippen LogP) is 3.22. The second-order valence-electron chi connectivity index (χ2n) is 4.03. The van der Waals surface area contributed by atoms with Gasteiger partial charge in [0.1, 0.15) is 5.01 Å². The summed E-state index contributed by atoms with van der Waals surface area (Å²) in [4.78, 5) is 12.1. The average Bonchev–Trinajstić information content (AvgIpc) is 2.86. The van der Waals surface area contributed by atoms with Gasteiger partial charge in [-0.05, 0) is 31.2 Å². The van der Waals surface area contributed by atoms with E-state index in [1.165, 1.54) is 6.92 Å². The molecule has 1 aromatic carbocycles. The van der Waals surface area contributed by atoms with Gasteiger partial charge in [0.15, 0.2) is 0 Å². The number of nitrogens with one attached hydrogen (secondary N) is 2. The number of thioether (sulfide) groups is 1. The predicted molar refractivity (Wildman–Crippen MR) is 84.4 cm³/mol. The Morgan fingerprint density at radius 2 is 2.05 bits per heavy atom. The van der Waals surface area contributed by atoms with E-state index in [-0.39, 0.29) is 5.91 Å². The molecule has 2 N–H and O–H groups in total. The van der Waals surface area contributed by atoms with Crippen LogP contribution in [0.4, 0.5) is 10.8 Å². The van der Waals surface area contributed by atoms with E-state index < -0.39 is 0 Å². The van der Waals surface area contributed by atoms with Crippen molar-refractivity contribution >= 4 is 39.8 Å². The van der Waals surface area contributed by atoms with Crippen LogP contribution in [0.25, 0.3) is 0 Å². The van der Waals surface area contributed by atoms with Crippen LogP contribution in [-0.2, 0) is 10.5 Å². The molecule has 0 aliphatic heterocycles. The molecule has 0 fully saturated rings. The van der Waals surface area contributed by atoms with Gasteiger partial charge in [-0.25, -0.2) is 0 Å². The van der Waals surface area contributed by atoms with Crippen LogP contribution in [0.15, 0.2) is 29.2 Å². The molecular weight excluding hydrogens is 292 g/mol. The van der Waals surface area contributed by atoms with Crippen molar-refractivity contribution < 1.29 is 4.79 Å². The molecule has 0 radical (unpaired) electrons. The summed E-state index contributed by atoms with van der Waals surface area (Å²) in [5, 5.41) is 16.0. The summed E-state index contributed by atoms with van der Waals surface area (Å²) >= 11 is 3.28. The van der Waals surface area contributed by atoms with E-state index in [0.717, 1.165) is 33.0 Å². The van der Waals surface area contributed by atoms with Gasteiger partial charge in [-0.3, -0.25) is 4.79 Å². The van der Waals surface area contributed by atoms with Gasteiger partial charge in [0, 0.05) is 24.1 Å². The van der Waals surface area contributed by atoms with Crippen molar-refractivity contribution in [3.63, 3.8) is 0 Å². The Balaban J connectivity index is 1.88. The van der Waals surface area contributed by atoms with Gasteiger partial charge in [0.05, 0.1) is 5.75 Å². The maximum atomic E-state index is 10.9. The molecule has 106 valence electrons. The molecule has 2 rings (SSSR count). The molecule has 0 unspecified atom stereocenters. The summed E-state index contributed by atoms with van der Waals surface area (Å²) < 4.78 is 0. The van der Waals surface area contributed by atoms with Gasteiger partial charge in [-0.2, -0.15) is 0 Å². The number of nitrogens with zero attached hydrogens (tertiary/aromatic N) is 2. The highest BCUT2D eigenvalue weighted by Crippen LogP contribution is 2.26. The van der Waals surface area contributed by atoms with Crippen molar-refractivity contribution in [1.29, 1.82) is 0 Å². The van der Waals surface area contributed by atoms with Crippen LogP contribution in [0.3, 0.4) is 0 Å². The molecule has 0 saturated carbocycles. The number of carbonyl (C=O) groups excluding carboxylic acids is 1. The molecule has 5 nitrogen and oxygen atoms in total. The Bertz CT molecular complexity index is 568. The number of amides is 1. The number of aromatic nitrogens is 2. The second kappa shape index (κ2) is 7.25. The number of carbonyl (C=O) groups is 1. The minimum absolute atomic E-state index is 0.0600. The molecule has 0 bridgehead atoms. The fraction of sp³-hybridized carbons (Fsp3) is 0.308. The van der Waals surface area contributed by atoms with Crippen molar-refractivity contribution in [3.05, 3.63) is 29.3 Å². The van der Waals surface area contributed by atoms with E-state index in [0.29, 0.717) is 0 Å². The third kappa shape index (κ3) is 4.50. The van der Waals surface area contributed by atoms with Crippen LogP contribution in [0.5, 0.6) is 0 Å². The summed E-state index contributed by atoms with van der Waals surface area (Å²) in [5.74, 6) is 0.734. The highest BCUT2D eigenvalue weighted by molar-refractivity contribution is 7.98. The highest BCUT2D eigenvalue weighted by atomic mass is 32.2. The zero-order valence-corrected chi connectivity index (χ0v) is 13.0. The van der Waals surface area contributed by atoms with Crippen molar-refractivity contribution in [1.82, 2.24) is 10.2 Å². The SMILES string of the molecule is CCNc1nnc(CSc2ccc(NC(C)=O)cc2)s1. The topological polar surface area (TPSA) is 66.9 Å². The van der Waals surface area contributed by atoms with Crippen molar-refractivity contribution in [3.8, 4) is 0 Å². The average molecular weight is 308 g/mol. The van der Waals surface area contributed by atoms with Crippen LogP contribution < -0.4 is 10.6 Å². The van der Waals surface area contributed by atoms with E-state index in [2.05, 4.69) is 20.8 Å². The van der Waals surface area contributed by atoms with E-state index in [1.807, 2.05) is 31.2 Å². The fourth-order valence-electron chi connectivity index (χ4n) is 1.52. The van der Waals surface area contributed by atoms with E-state index in [9.17, 15) is 4.79 Å². The van der Waals surface area contributed by atoms with Crippen molar-refractivity contribution in [2.24, 2.45) is 0 Å². The standard InChI is InChI=1S/C13H16N4OS2/c1-3-14-13-17-16-12(20-13)8-19-11-6-4-10(5-7-11)15-9(2)18/h4-7H,3,8H2,1-2H3,(H,14,17)(H,15,18). The van der Waals surface area contributed by atoms with E-state index in [4.69, 9.17) is 0 Å². The smallest absolute Gasteiger partial charge is 0.221 e. The van der Waals surface area contributed by atoms with Gasteiger partial charge in [-0.15, -0.1) is 22.0 Å². The quantitative estimate of drug-likeness (QED) is 0.802. The summed E-state index contributed by atoms with van der Waals surface area (Å²) in [7, 11) is 0. The summed E-state index contributed by atoms with van der Waals surface area (Å²) in [6, 6.07) is 7.77. The molecule has 0 aliphatic rings. The number of hydrogen-bond acceptors (Lipinski definition) is 6. The molecule has 20 heavy (non-hydrogen) atoms. The number of rotatable bonds is 6. The molecule has 0 aliphatic carbocycles. The Morgan fingerprint density at radius 1 is 1.30 bits per heavy atom. The first-order chi connectivity index (χ1) is 9.67. The first kappa shape index (κ1) is 14.8. The zero-order valence-electron chi connectivity index (χ0n) is 11.3. The van der Waals surface area contributed by atoms with Crippen molar-refractivity contribution in [2.75, 3.05) is 17.2 Å². The highest BCUT2D eigenvalue weighted by Gasteiger charge is 2.04. The maximum Gasteiger partial charge on any atom is 0.221 e. The first-order valence-corrected chi connectivity index (χ1v) is 8.04. The molecule has 0 saturated heterocycles. The lowest BCUT2D eigenvalue weighted by Gasteiger charge is -2.03. The minimum atomic E-state index is -0.0600. The van der Waals surface area contributed by atoms with Gasteiger partial charge in [0.25, 0.3) is 0 Å². The van der Waals surface area contributed by atoms with Crippen LogP contribution in [0.1, 0.15) is 18.9 Å². The molecule has 0 spiro atoms. The van der Waals surface area contributed by atoms with E-state index in [1.54, 1.807) is 23.1 Å². The van der Waals surface area contributed by atoms with Crippen molar-refractivity contribution in [2.45, 2.75) is 24.5 Å². The molecule has 1 amide bonds. The van der Waals surface area contributed by atoms with E-state index >= 15 is 0 Å². The first-order valence-electron chi connectivity index (χ1n) is 6.24. The van der Waals surface area contributed by atoms with Crippen LogP contribution in [0, 0.1) is 0 Å². The molecule has 2 aromatic rings. The van der Waals surface area contributed by atoms with Crippen LogP contribution in [-0.4, -0.2) is 22.6 Å². The number of benzene rings is 1. The Kier molecular flexibility index (Phi) is 5.37. The molecule has 7 heteroatoms. The Hall–Kier alpha value is -1.60. The lowest BCUT2D eigenvalue weighted by Crippen LogP contribution is -2.05. The number of anilines is 2. The summed E-state index contributed by atoms with van der Waals surface area (Å²) in [6.45, 7) is 4.39. The third-order valence-electron chi connectivity index (χ3n) is 2.33. The van der Waals surface area contributed by atoms with Crippen LogP contribution >= 0.6 is 23.1 Å². The molecule has 1 aromatic heterocycles. The fourth-order valence-corrected chi connectivity index (χ4v) is 3.21. The molecular formula is C13H16N4OS2. The third-order valence-corrected chi connectivity index (χ3v) is 4.42. The molecule has 0 atom stereocenters. The van der Waals surface area contributed by atoms with Gasteiger partial charge in [0.2, 0.25) is 11.0 Å². The van der Waals surface area contributed by atoms with Crippen LogP contribution in [0.2, 0.25) is 0 Å². The Morgan fingerprint density at radius 3 is 2.70 bits per heavy atom. The summed E-state index contributed by atoms with van der Waals surface area (Å²) in [5.41, 5.74) is 0.812. The number of hydrogen-bond donors (Lipinski definition) is 2. The monoisotopic (exact) mass is 308 g/mol. The Labute approximate surface area is 126 Å². The lowest BCUT2D eigenvalue weighted by molar-refractivity contribution is -0.114. The lowest BCUT2D eigenvalue weighted by atomic mass is 10.3.